The molecule has 1 atom stereocenters. The minimum absolute atomic E-state index is 0.444. The van der Waals surface area contributed by atoms with Crippen LogP contribution in [0.1, 0.15) is 64.1 Å². The van der Waals surface area contributed by atoms with Gasteiger partial charge in [-0.25, -0.2) is 0 Å². The van der Waals surface area contributed by atoms with Gasteiger partial charge >= 0.3 is 0 Å². The van der Waals surface area contributed by atoms with Gasteiger partial charge in [-0.15, -0.1) is 0 Å². The average Bonchev–Trinajstić information content (AvgIpc) is 2.93. The topological polar surface area (TPSA) is 51.0 Å². The van der Waals surface area contributed by atoms with E-state index >= 15 is 0 Å². The summed E-state index contributed by atoms with van der Waals surface area (Å²) in [4.78, 5) is 4.53. The summed E-state index contributed by atoms with van der Waals surface area (Å²) >= 11 is 2.00. The second-order valence-electron chi connectivity index (χ2n) is 5.54. The number of nitrogens with zero attached hydrogens (tertiary/aromatic N) is 2. The standard InChI is InChI=1S/C15H27N3OS/c1-3-12(16-4-2)10-15-17-14(18-19-15)11-20-13-8-6-5-7-9-13/h12-13,16H,3-11H2,1-2H3. The molecule has 1 saturated carbocycles. The lowest BCUT2D eigenvalue weighted by Crippen LogP contribution is -2.30. The Morgan fingerprint density at radius 3 is 2.80 bits per heavy atom. The molecule has 0 aliphatic heterocycles. The second kappa shape index (κ2) is 8.67. The SMILES string of the molecule is CCNC(CC)Cc1nc(CSC2CCCCC2)no1. The Hall–Kier alpha value is -0.550. The first kappa shape index (κ1) is 15.8. The van der Waals surface area contributed by atoms with Gasteiger partial charge in [-0.3, -0.25) is 0 Å². The summed E-state index contributed by atoms with van der Waals surface area (Å²) in [5.74, 6) is 2.53. The van der Waals surface area contributed by atoms with Gasteiger partial charge in [0.25, 0.3) is 0 Å². The highest BCUT2D eigenvalue weighted by Crippen LogP contribution is 2.29. The first-order valence-electron chi connectivity index (χ1n) is 7.98. The van der Waals surface area contributed by atoms with E-state index in [2.05, 4.69) is 29.3 Å². The van der Waals surface area contributed by atoms with Crippen LogP contribution in [0.3, 0.4) is 0 Å². The lowest BCUT2D eigenvalue weighted by Gasteiger charge is -2.20. The quantitative estimate of drug-likeness (QED) is 0.795. The van der Waals surface area contributed by atoms with Crippen molar-refractivity contribution >= 4 is 11.8 Å². The van der Waals surface area contributed by atoms with Crippen molar-refractivity contribution in [3.8, 4) is 0 Å². The van der Waals surface area contributed by atoms with Gasteiger partial charge in [-0.1, -0.05) is 38.3 Å². The van der Waals surface area contributed by atoms with Crippen LogP contribution >= 0.6 is 11.8 Å². The highest BCUT2D eigenvalue weighted by molar-refractivity contribution is 7.99. The van der Waals surface area contributed by atoms with Crippen molar-refractivity contribution in [3.05, 3.63) is 11.7 Å². The zero-order valence-corrected chi connectivity index (χ0v) is 13.5. The monoisotopic (exact) mass is 297 g/mol. The highest BCUT2D eigenvalue weighted by Gasteiger charge is 2.16. The van der Waals surface area contributed by atoms with Crippen molar-refractivity contribution in [2.24, 2.45) is 0 Å². The Kier molecular flexibility index (Phi) is 6.87. The lowest BCUT2D eigenvalue weighted by atomic mass is 10.0. The number of hydrogen-bond donors (Lipinski definition) is 1. The number of likely N-dealkylation sites (N-methyl/N-ethyl adjacent to an activating group) is 1. The van der Waals surface area contributed by atoms with E-state index in [1.54, 1.807) is 0 Å². The fourth-order valence-corrected chi connectivity index (χ4v) is 3.88. The molecule has 0 radical (unpaired) electrons. The molecule has 114 valence electrons. The zero-order chi connectivity index (χ0) is 14.2. The Labute approximate surface area is 126 Å². The third kappa shape index (κ3) is 5.09. The number of thioether (sulfide) groups is 1. The predicted octanol–water partition coefficient (Wildman–Crippen LogP) is 3.57. The van der Waals surface area contributed by atoms with Crippen molar-refractivity contribution in [1.82, 2.24) is 15.5 Å². The maximum atomic E-state index is 5.37. The van der Waals surface area contributed by atoms with E-state index in [0.717, 1.165) is 42.1 Å². The number of aromatic nitrogens is 2. The maximum absolute atomic E-state index is 5.37. The van der Waals surface area contributed by atoms with E-state index in [0.29, 0.717) is 6.04 Å². The van der Waals surface area contributed by atoms with Crippen molar-refractivity contribution in [2.45, 2.75) is 75.8 Å². The van der Waals surface area contributed by atoms with E-state index < -0.39 is 0 Å². The van der Waals surface area contributed by atoms with Crippen LogP contribution in [0, 0.1) is 0 Å². The number of rotatable bonds is 8. The Balaban J connectivity index is 1.76. The van der Waals surface area contributed by atoms with Crippen molar-refractivity contribution < 1.29 is 4.52 Å². The molecule has 20 heavy (non-hydrogen) atoms. The van der Waals surface area contributed by atoms with Crippen molar-refractivity contribution in [3.63, 3.8) is 0 Å². The first-order valence-corrected chi connectivity index (χ1v) is 9.03. The zero-order valence-electron chi connectivity index (χ0n) is 12.7. The normalized spacial score (nSPS) is 18.3. The van der Waals surface area contributed by atoms with Gasteiger partial charge in [0.2, 0.25) is 5.89 Å². The summed E-state index contributed by atoms with van der Waals surface area (Å²) in [6.45, 7) is 5.29. The molecule has 1 heterocycles. The van der Waals surface area contributed by atoms with Crippen LogP contribution in [-0.4, -0.2) is 28.0 Å². The molecule has 1 aromatic heterocycles. The summed E-state index contributed by atoms with van der Waals surface area (Å²) in [6.07, 6.45) is 8.81. The fourth-order valence-electron chi connectivity index (χ4n) is 2.72. The third-order valence-electron chi connectivity index (χ3n) is 3.92. The van der Waals surface area contributed by atoms with Crippen LogP contribution in [0.15, 0.2) is 4.52 Å². The molecule has 0 amide bonds. The molecular formula is C15H27N3OS. The molecule has 5 heteroatoms. The minimum atomic E-state index is 0.444. The molecule has 0 aromatic carbocycles. The van der Waals surface area contributed by atoms with Crippen LogP contribution in [0.2, 0.25) is 0 Å². The molecule has 2 rings (SSSR count). The molecule has 1 N–H and O–H groups in total. The molecule has 1 unspecified atom stereocenters. The number of nitrogens with one attached hydrogen (secondary N) is 1. The minimum Gasteiger partial charge on any atom is -0.339 e. The molecule has 1 aliphatic carbocycles. The van der Waals surface area contributed by atoms with Gasteiger partial charge < -0.3 is 9.84 Å². The maximum Gasteiger partial charge on any atom is 0.228 e. The van der Waals surface area contributed by atoms with E-state index in [4.69, 9.17) is 4.52 Å². The summed E-state index contributed by atoms with van der Waals surface area (Å²) in [5, 5.41) is 8.36. The van der Waals surface area contributed by atoms with Gasteiger partial charge in [0, 0.05) is 17.7 Å². The molecule has 0 bridgehead atoms. The van der Waals surface area contributed by atoms with Crippen LogP contribution in [0.4, 0.5) is 0 Å². The molecule has 1 fully saturated rings. The van der Waals surface area contributed by atoms with Gasteiger partial charge in [0.1, 0.15) is 0 Å². The third-order valence-corrected chi connectivity index (χ3v) is 5.28. The highest BCUT2D eigenvalue weighted by atomic mass is 32.2. The Bertz CT molecular complexity index is 377. The molecule has 0 saturated heterocycles. The van der Waals surface area contributed by atoms with Crippen LogP contribution < -0.4 is 5.32 Å². The van der Waals surface area contributed by atoms with Gasteiger partial charge in [-0.2, -0.15) is 16.7 Å². The van der Waals surface area contributed by atoms with E-state index in [9.17, 15) is 0 Å². The Morgan fingerprint density at radius 1 is 1.30 bits per heavy atom. The van der Waals surface area contributed by atoms with E-state index in [1.165, 1.54) is 32.1 Å². The summed E-state index contributed by atoms with van der Waals surface area (Å²) < 4.78 is 5.37. The molecule has 4 nitrogen and oxygen atoms in total. The molecule has 1 aromatic rings. The fraction of sp³-hybridized carbons (Fsp3) is 0.867. The van der Waals surface area contributed by atoms with Crippen LogP contribution in [-0.2, 0) is 12.2 Å². The van der Waals surface area contributed by atoms with Crippen molar-refractivity contribution in [2.75, 3.05) is 6.54 Å². The first-order chi connectivity index (χ1) is 9.81. The number of hydrogen-bond acceptors (Lipinski definition) is 5. The largest absolute Gasteiger partial charge is 0.339 e. The van der Waals surface area contributed by atoms with E-state index in [1.807, 2.05) is 11.8 Å². The van der Waals surface area contributed by atoms with Gasteiger partial charge in [0.05, 0.1) is 5.75 Å². The molecular weight excluding hydrogens is 270 g/mol. The van der Waals surface area contributed by atoms with Gasteiger partial charge in [0.15, 0.2) is 5.82 Å². The van der Waals surface area contributed by atoms with Crippen LogP contribution in [0.5, 0.6) is 0 Å². The Morgan fingerprint density at radius 2 is 2.10 bits per heavy atom. The average molecular weight is 297 g/mol. The van der Waals surface area contributed by atoms with Gasteiger partial charge in [-0.05, 0) is 25.8 Å². The lowest BCUT2D eigenvalue weighted by molar-refractivity contribution is 0.352. The summed E-state index contributed by atoms with van der Waals surface area (Å²) in [7, 11) is 0. The van der Waals surface area contributed by atoms with Crippen molar-refractivity contribution in [1.29, 1.82) is 0 Å². The summed E-state index contributed by atoms with van der Waals surface area (Å²) in [5.41, 5.74) is 0. The van der Waals surface area contributed by atoms with E-state index in [-0.39, 0.29) is 0 Å². The second-order valence-corrected chi connectivity index (χ2v) is 6.83. The summed E-state index contributed by atoms with van der Waals surface area (Å²) in [6, 6.07) is 0.444. The smallest absolute Gasteiger partial charge is 0.228 e. The predicted molar refractivity (Wildman–Crippen MR) is 83.9 cm³/mol. The molecule has 1 aliphatic rings. The van der Waals surface area contributed by atoms with Crippen LogP contribution in [0.25, 0.3) is 0 Å². The molecule has 0 spiro atoms.